The number of carbonyl (C=O) groups excluding carboxylic acids is 3. The molecule has 0 heterocycles. The van der Waals surface area contributed by atoms with Crippen LogP contribution in [0.25, 0.3) is 0 Å². The molecule has 1 aliphatic carbocycles. The van der Waals surface area contributed by atoms with E-state index in [-0.39, 0.29) is 18.4 Å². The standard InChI is InChI=1S/C28H32N2O4/c1-21(2)25(26(32)34-20-23-14-8-4-9-15-23)29-27(33)28(18-10-5-11-19-28)30-24(31)17-16-22-12-6-3-7-13-22/h3-4,6-9,12-15,21,25H,5,10-11,18-20H2,1-2H3,(H,29,33)(H,30,31). The molecule has 1 saturated carbocycles. The smallest absolute Gasteiger partial charge is 0.329 e. The minimum absolute atomic E-state index is 0.135. The van der Waals surface area contributed by atoms with E-state index in [0.29, 0.717) is 12.8 Å². The Labute approximate surface area is 201 Å². The molecule has 6 heteroatoms. The van der Waals surface area contributed by atoms with Gasteiger partial charge in [-0.3, -0.25) is 9.59 Å². The molecule has 2 N–H and O–H groups in total. The molecular formula is C28H32N2O4. The van der Waals surface area contributed by atoms with Crippen molar-refractivity contribution in [1.29, 1.82) is 0 Å². The van der Waals surface area contributed by atoms with E-state index in [0.717, 1.165) is 30.4 Å². The Morgan fingerprint density at radius 1 is 0.941 bits per heavy atom. The fraction of sp³-hybridized carbons (Fsp3) is 0.393. The summed E-state index contributed by atoms with van der Waals surface area (Å²) in [7, 11) is 0. The second-order valence-corrected chi connectivity index (χ2v) is 9.00. The van der Waals surface area contributed by atoms with Crippen molar-refractivity contribution >= 4 is 17.8 Å². The zero-order valence-electron chi connectivity index (χ0n) is 19.8. The van der Waals surface area contributed by atoms with Crippen LogP contribution in [0.3, 0.4) is 0 Å². The van der Waals surface area contributed by atoms with Gasteiger partial charge in [0, 0.05) is 11.5 Å². The first-order valence-corrected chi connectivity index (χ1v) is 11.8. The van der Waals surface area contributed by atoms with E-state index in [9.17, 15) is 14.4 Å². The van der Waals surface area contributed by atoms with Crippen LogP contribution in [0.4, 0.5) is 0 Å². The van der Waals surface area contributed by atoms with Gasteiger partial charge in [0.15, 0.2) is 0 Å². The molecule has 34 heavy (non-hydrogen) atoms. The maximum Gasteiger partial charge on any atom is 0.329 e. The lowest BCUT2D eigenvalue weighted by Crippen LogP contribution is -2.62. The Kier molecular flexibility index (Phi) is 8.86. The molecule has 0 aromatic heterocycles. The number of hydrogen-bond donors (Lipinski definition) is 2. The molecule has 1 unspecified atom stereocenters. The average molecular weight is 461 g/mol. The Morgan fingerprint density at radius 3 is 2.18 bits per heavy atom. The predicted molar refractivity (Wildman–Crippen MR) is 130 cm³/mol. The second-order valence-electron chi connectivity index (χ2n) is 9.00. The molecule has 1 aliphatic rings. The first-order chi connectivity index (χ1) is 16.4. The molecule has 0 radical (unpaired) electrons. The van der Waals surface area contributed by atoms with Crippen molar-refractivity contribution in [3.8, 4) is 11.8 Å². The number of benzene rings is 2. The summed E-state index contributed by atoms with van der Waals surface area (Å²) < 4.78 is 5.48. The maximum absolute atomic E-state index is 13.4. The molecule has 0 saturated heterocycles. The number of carbonyl (C=O) groups is 3. The van der Waals surface area contributed by atoms with Crippen LogP contribution < -0.4 is 10.6 Å². The first-order valence-electron chi connectivity index (χ1n) is 11.8. The summed E-state index contributed by atoms with van der Waals surface area (Å²) >= 11 is 0. The van der Waals surface area contributed by atoms with Gasteiger partial charge in [-0.25, -0.2) is 4.79 Å². The van der Waals surface area contributed by atoms with Crippen LogP contribution in [0.2, 0.25) is 0 Å². The van der Waals surface area contributed by atoms with Gasteiger partial charge < -0.3 is 15.4 Å². The van der Waals surface area contributed by atoms with Gasteiger partial charge in [-0.15, -0.1) is 0 Å². The quantitative estimate of drug-likeness (QED) is 0.487. The third kappa shape index (κ3) is 6.95. The van der Waals surface area contributed by atoms with Gasteiger partial charge in [0.25, 0.3) is 5.91 Å². The summed E-state index contributed by atoms with van der Waals surface area (Å²) in [5.41, 5.74) is 0.506. The zero-order chi connectivity index (χ0) is 24.4. The third-order valence-electron chi connectivity index (χ3n) is 6.02. The van der Waals surface area contributed by atoms with E-state index in [1.165, 1.54) is 0 Å². The topological polar surface area (TPSA) is 84.5 Å². The first kappa shape index (κ1) is 25.0. The van der Waals surface area contributed by atoms with Crippen LogP contribution in [0.5, 0.6) is 0 Å². The van der Waals surface area contributed by atoms with Crippen molar-refractivity contribution in [2.24, 2.45) is 5.92 Å². The van der Waals surface area contributed by atoms with Gasteiger partial charge in [-0.1, -0.05) is 87.6 Å². The zero-order valence-corrected chi connectivity index (χ0v) is 19.8. The molecule has 0 spiro atoms. The minimum Gasteiger partial charge on any atom is -0.459 e. The molecular weight excluding hydrogens is 428 g/mol. The highest BCUT2D eigenvalue weighted by atomic mass is 16.5. The lowest BCUT2D eigenvalue weighted by atomic mass is 9.80. The van der Waals surface area contributed by atoms with Crippen molar-refractivity contribution in [2.75, 3.05) is 0 Å². The summed E-state index contributed by atoms with van der Waals surface area (Å²) in [6, 6.07) is 17.8. The van der Waals surface area contributed by atoms with Crippen LogP contribution >= 0.6 is 0 Å². The fourth-order valence-corrected chi connectivity index (χ4v) is 4.06. The number of hydrogen-bond acceptors (Lipinski definition) is 4. The molecule has 2 amide bonds. The number of rotatable bonds is 7. The van der Waals surface area contributed by atoms with Crippen LogP contribution in [0, 0.1) is 17.8 Å². The molecule has 1 fully saturated rings. The largest absolute Gasteiger partial charge is 0.459 e. The second kappa shape index (κ2) is 12.0. The summed E-state index contributed by atoms with van der Waals surface area (Å²) in [6.45, 7) is 3.84. The van der Waals surface area contributed by atoms with Gasteiger partial charge in [0.2, 0.25) is 5.91 Å². The average Bonchev–Trinajstić information content (AvgIpc) is 2.86. The van der Waals surface area contributed by atoms with Gasteiger partial charge in [-0.2, -0.15) is 0 Å². The normalized spacial score (nSPS) is 15.4. The lowest BCUT2D eigenvalue weighted by Gasteiger charge is -2.37. The molecule has 1 atom stereocenters. The van der Waals surface area contributed by atoms with Crippen molar-refractivity contribution in [2.45, 2.75) is 64.1 Å². The number of nitrogens with one attached hydrogen (secondary N) is 2. The fourth-order valence-electron chi connectivity index (χ4n) is 4.06. The van der Waals surface area contributed by atoms with Crippen molar-refractivity contribution in [3.05, 3.63) is 71.8 Å². The van der Waals surface area contributed by atoms with Crippen LogP contribution in [0.1, 0.15) is 57.1 Å². The Hall–Kier alpha value is -3.59. The molecule has 2 aromatic rings. The summed E-state index contributed by atoms with van der Waals surface area (Å²) in [4.78, 5) is 38.9. The van der Waals surface area contributed by atoms with E-state index < -0.39 is 23.5 Å². The Bertz CT molecular complexity index is 1030. The summed E-state index contributed by atoms with van der Waals surface area (Å²) in [6.07, 6.45) is 3.62. The molecule has 3 rings (SSSR count). The SMILES string of the molecule is CC(C)C(NC(=O)C1(NC(=O)C#Cc2ccccc2)CCCCC1)C(=O)OCc1ccccc1. The number of ether oxygens (including phenoxy) is 1. The van der Waals surface area contributed by atoms with Crippen molar-refractivity contribution < 1.29 is 19.1 Å². The third-order valence-corrected chi connectivity index (χ3v) is 6.02. The molecule has 6 nitrogen and oxygen atoms in total. The van der Waals surface area contributed by atoms with Gasteiger partial charge in [0.1, 0.15) is 18.2 Å². The van der Waals surface area contributed by atoms with E-state index >= 15 is 0 Å². The molecule has 2 aromatic carbocycles. The van der Waals surface area contributed by atoms with Gasteiger partial charge in [0.05, 0.1) is 0 Å². The summed E-state index contributed by atoms with van der Waals surface area (Å²) in [5.74, 6) is 3.88. The van der Waals surface area contributed by atoms with Crippen LogP contribution in [0.15, 0.2) is 60.7 Å². The van der Waals surface area contributed by atoms with Gasteiger partial charge in [-0.05, 0) is 36.5 Å². The highest BCUT2D eigenvalue weighted by molar-refractivity contribution is 6.00. The van der Waals surface area contributed by atoms with Crippen molar-refractivity contribution in [3.63, 3.8) is 0 Å². The Morgan fingerprint density at radius 2 is 1.56 bits per heavy atom. The Balaban J connectivity index is 1.69. The number of esters is 1. The van der Waals surface area contributed by atoms with Gasteiger partial charge >= 0.3 is 5.97 Å². The van der Waals surface area contributed by atoms with Crippen LogP contribution in [-0.2, 0) is 25.7 Å². The van der Waals surface area contributed by atoms with E-state index in [1.54, 1.807) is 0 Å². The molecule has 0 aliphatic heterocycles. The highest BCUT2D eigenvalue weighted by Crippen LogP contribution is 2.29. The lowest BCUT2D eigenvalue weighted by molar-refractivity contribution is -0.151. The molecule has 178 valence electrons. The minimum atomic E-state index is -1.09. The van der Waals surface area contributed by atoms with Crippen LogP contribution in [-0.4, -0.2) is 29.4 Å². The van der Waals surface area contributed by atoms with E-state index in [1.807, 2.05) is 74.5 Å². The monoisotopic (exact) mass is 460 g/mol. The maximum atomic E-state index is 13.4. The van der Waals surface area contributed by atoms with E-state index in [4.69, 9.17) is 4.74 Å². The summed E-state index contributed by atoms with van der Waals surface area (Å²) in [5, 5.41) is 5.73. The molecule has 0 bridgehead atoms. The predicted octanol–water partition coefficient (Wildman–Crippen LogP) is 3.74. The van der Waals surface area contributed by atoms with Crippen molar-refractivity contribution in [1.82, 2.24) is 10.6 Å². The van der Waals surface area contributed by atoms with E-state index in [2.05, 4.69) is 22.5 Å². The highest BCUT2D eigenvalue weighted by Gasteiger charge is 2.42. The number of amides is 2.